The number of halogens is 4. The Morgan fingerprint density at radius 3 is 2.54 bits per heavy atom. The zero-order valence-electron chi connectivity index (χ0n) is 17.4. The first kappa shape index (κ1) is 26.6. The highest BCUT2D eigenvalue weighted by Crippen LogP contribution is 2.35. The largest absolute Gasteiger partial charge is 0.418 e. The minimum Gasteiger partial charge on any atom is -0.373 e. The number of carbonyl (C=O) groups excluding carboxylic acids is 1. The predicted molar refractivity (Wildman–Crippen MR) is 120 cm³/mol. The zero-order chi connectivity index (χ0) is 26.0. The molecule has 3 aromatic rings. The zero-order valence-corrected chi connectivity index (χ0v) is 19.8. The predicted octanol–water partition coefficient (Wildman–Crippen LogP) is 2.21. The summed E-state index contributed by atoms with van der Waals surface area (Å²) in [6.07, 6.45) is -3.10. The van der Waals surface area contributed by atoms with E-state index in [1.165, 1.54) is 6.20 Å². The van der Waals surface area contributed by atoms with Crippen LogP contribution in [0.5, 0.6) is 0 Å². The van der Waals surface area contributed by atoms with Gasteiger partial charge >= 0.3 is 6.18 Å². The molecule has 0 fully saturated rings. The fourth-order valence-corrected chi connectivity index (χ4v) is 4.05. The van der Waals surface area contributed by atoms with Crippen molar-refractivity contribution in [2.45, 2.75) is 25.4 Å². The normalized spacial score (nSPS) is 13.8. The standard InChI is InChI=1S/C17H16ClF3N8O4S2/c1-7(27-14(30)10-3-13(26-6-25-10)29-35(22,32)33)16-24-5-11(34-16)15(31)28-12-2-8(17(19,20)21)9(18)4-23-12/h2-7,14,27,30H,1H3,(H2,22,32,33)(H,23,28,31)(H,25,26,29). The molecule has 0 bridgehead atoms. The number of nitrogens with one attached hydrogen (secondary N) is 3. The number of aliphatic hydroxyl groups excluding tert-OH is 1. The summed E-state index contributed by atoms with van der Waals surface area (Å²) in [5, 5.41) is 20.0. The van der Waals surface area contributed by atoms with Gasteiger partial charge in [0.05, 0.1) is 28.5 Å². The topological polar surface area (TPSA) is 185 Å². The van der Waals surface area contributed by atoms with Crippen LogP contribution in [0.1, 0.15) is 45.1 Å². The highest BCUT2D eigenvalue weighted by Gasteiger charge is 2.34. The molecule has 0 aliphatic carbocycles. The molecule has 0 aromatic carbocycles. The first-order chi connectivity index (χ1) is 16.2. The van der Waals surface area contributed by atoms with Gasteiger partial charge in [0.15, 0.2) is 0 Å². The smallest absolute Gasteiger partial charge is 0.373 e. The summed E-state index contributed by atoms with van der Waals surface area (Å²) in [5.74, 6) is -1.27. The van der Waals surface area contributed by atoms with Gasteiger partial charge in [0.1, 0.15) is 34.1 Å². The molecule has 2 atom stereocenters. The van der Waals surface area contributed by atoms with Crippen LogP contribution in [0.2, 0.25) is 5.02 Å². The van der Waals surface area contributed by atoms with Crippen molar-refractivity contribution in [1.29, 1.82) is 0 Å². The van der Waals surface area contributed by atoms with Gasteiger partial charge in [-0.3, -0.25) is 14.8 Å². The van der Waals surface area contributed by atoms with Gasteiger partial charge in [0.2, 0.25) is 0 Å². The number of pyridine rings is 1. The summed E-state index contributed by atoms with van der Waals surface area (Å²) in [6, 6.07) is 1.15. The van der Waals surface area contributed by atoms with Gasteiger partial charge in [-0.25, -0.2) is 25.1 Å². The Hall–Kier alpha value is -2.96. The third-order valence-corrected chi connectivity index (χ3v) is 6.12. The Bertz CT molecular complexity index is 1340. The van der Waals surface area contributed by atoms with Crippen molar-refractivity contribution in [2.75, 3.05) is 10.0 Å². The average molecular weight is 553 g/mol. The molecule has 3 heterocycles. The summed E-state index contributed by atoms with van der Waals surface area (Å²) < 4.78 is 63.2. The lowest BCUT2D eigenvalue weighted by molar-refractivity contribution is -0.137. The first-order valence-corrected chi connectivity index (χ1v) is 12.0. The number of aliphatic hydroxyl groups is 1. The van der Waals surface area contributed by atoms with Crippen molar-refractivity contribution in [2.24, 2.45) is 5.14 Å². The molecule has 0 saturated heterocycles. The Balaban J connectivity index is 1.67. The second-order valence-corrected chi connectivity index (χ2v) is 9.59. The molecule has 0 aliphatic rings. The van der Waals surface area contributed by atoms with Gasteiger partial charge in [0, 0.05) is 12.3 Å². The molecular formula is C17H16ClF3N8O4S2. The highest BCUT2D eigenvalue weighted by atomic mass is 35.5. The summed E-state index contributed by atoms with van der Waals surface area (Å²) in [4.78, 5) is 27.8. The van der Waals surface area contributed by atoms with Gasteiger partial charge in [-0.15, -0.1) is 11.3 Å². The van der Waals surface area contributed by atoms with Crippen LogP contribution in [0.4, 0.5) is 24.8 Å². The average Bonchev–Trinajstić information content (AvgIpc) is 3.24. The maximum absolute atomic E-state index is 13.0. The molecule has 0 aliphatic heterocycles. The fourth-order valence-electron chi connectivity index (χ4n) is 2.61. The lowest BCUT2D eigenvalue weighted by Gasteiger charge is -2.17. The van der Waals surface area contributed by atoms with E-state index >= 15 is 0 Å². The number of nitrogens with two attached hydrogens (primary N) is 1. The highest BCUT2D eigenvalue weighted by molar-refractivity contribution is 7.90. The Labute approximate surface area is 205 Å². The van der Waals surface area contributed by atoms with E-state index in [2.05, 4.69) is 30.6 Å². The van der Waals surface area contributed by atoms with Crippen molar-refractivity contribution in [1.82, 2.24) is 25.3 Å². The number of aromatic nitrogens is 4. The summed E-state index contributed by atoms with van der Waals surface area (Å²) >= 11 is 6.44. The third kappa shape index (κ3) is 7.26. The van der Waals surface area contributed by atoms with Gasteiger partial charge in [-0.2, -0.15) is 21.6 Å². The van der Waals surface area contributed by atoms with E-state index in [-0.39, 0.29) is 22.2 Å². The van der Waals surface area contributed by atoms with Gasteiger partial charge < -0.3 is 10.4 Å². The quantitative estimate of drug-likeness (QED) is 0.261. The van der Waals surface area contributed by atoms with E-state index in [1.54, 1.807) is 6.92 Å². The molecule has 188 valence electrons. The van der Waals surface area contributed by atoms with Crippen LogP contribution in [-0.2, 0) is 16.4 Å². The van der Waals surface area contributed by atoms with E-state index < -0.39 is 45.1 Å². The molecule has 35 heavy (non-hydrogen) atoms. The minimum absolute atomic E-state index is 0.0156. The molecular weight excluding hydrogens is 537 g/mol. The summed E-state index contributed by atoms with van der Waals surface area (Å²) in [6.45, 7) is 1.62. The molecule has 2 unspecified atom stereocenters. The van der Waals surface area contributed by atoms with E-state index in [0.29, 0.717) is 11.1 Å². The van der Waals surface area contributed by atoms with E-state index in [4.69, 9.17) is 16.7 Å². The first-order valence-electron chi connectivity index (χ1n) is 9.29. The SMILES string of the molecule is CC(NC(O)c1cc(NS(N)(=O)=O)ncn1)c1ncc(C(=O)Nc2cc(C(F)(F)F)c(Cl)cn2)s1. The number of alkyl halides is 3. The number of hydrogen-bond donors (Lipinski definition) is 5. The van der Waals surface area contributed by atoms with Gasteiger partial charge in [0.25, 0.3) is 16.1 Å². The van der Waals surface area contributed by atoms with Crippen LogP contribution in [0.15, 0.2) is 30.9 Å². The maximum atomic E-state index is 13.0. The van der Waals surface area contributed by atoms with Crippen LogP contribution < -0.4 is 20.5 Å². The van der Waals surface area contributed by atoms with E-state index in [9.17, 15) is 31.5 Å². The Morgan fingerprint density at radius 2 is 1.89 bits per heavy atom. The molecule has 1 amide bonds. The molecule has 0 spiro atoms. The van der Waals surface area contributed by atoms with Crippen molar-refractivity contribution >= 4 is 50.7 Å². The molecule has 6 N–H and O–H groups in total. The van der Waals surface area contributed by atoms with Crippen molar-refractivity contribution in [3.8, 4) is 0 Å². The molecule has 18 heteroatoms. The number of carbonyl (C=O) groups is 1. The van der Waals surface area contributed by atoms with Gasteiger partial charge in [-0.1, -0.05) is 11.6 Å². The van der Waals surface area contributed by atoms with Gasteiger partial charge in [-0.05, 0) is 13.0 Å². The summed E-state index contributed by atoms with van der Waals surface area (Å²) in [7, 11) is -4.08. The number of thiazole rings is 1. The number of rotatable bonds is 8. The van der Waals surface area contributed by atoms with Crippen LogP contribution in [0.3, 0.4) is 0 Å². The molecule has 3 aromatic heterocycles. The van der Waals surface area contributed by atoms with Crippen LogP contribution >= 0.6 is 22.9 Å². The summed E-state index contributed by atoms with van der Waals surface area (Å²) in [5.41, 5.74) is -1.13. The number of nitrogens with zero attached hydrogens (tertiary/aromatic N) is 4. The molecule has 0 radical (unpaired) electrons. The van der Waals surface area contributed by atoms with E-state index in [0.717, 1.165) is 29.9 Å². The van der Waals surface area contributed by atoms with Crippen LogP contribution in [-0.4, -0.2) is 39.4 Å². The van der Waals surface area contributed by atoms with Crippen molar-refractivity contribution in [3.63, 3.8) is 0 Å². The lowest BCUT2D eigenvalue weighted by Crippen LogP contribution is -2.26. The Kier molecular flexibility index (Phi) is 7.87. The number of amides is 1. The fraction of sp³-hybridized carbons (Fsp3) is 0.235. The third-order valence-electron chi connectivity index (χ3n) is 4.14. The molecule has 3 rings (SSSR count). The van der Waals surface area contributed by atoms with Crippen LogP contribution in [0, 0.1) is 0 Å². The van der Waals surface area contributed by atoms with Crippen molar-refractivity contribution in [3.05, 3.63) is 57.0 Å². The second kappa shape index (κ2) is 10.3. The maximum Gasteiger partial charge on any atom is 0.418 e. The molecule has 12 nitrogen and oxygen atoms in total. The van der Waals surface area contributed by atoms with Crippen molar-refractivity contribution < 1.29 is 31.5 Å². The minimum atomic E-state index is -4.72. The number of hydrogen-bond acceptors (Lipinski definition) is 10. The molecule has 0 saturated carbocycles. The number of anilines is 2. The van der Waals surface area contributed by atoms with Crippen LogP contribution in [0.25, 0.3) is 0 Å². The van der Waals surface area contributed by atoms with E-state index in [1.807, 2.05) is 4.72 Å². The lowest BCUT2D eigenvalue weighted by atomic mass is 10.2. The second-order valence-electron chi connectivity index (χ2n) is 6.83. The monoisotopic (exact) mass is 552 g/mol. The Morgan fingerprint density at radius 1 is 1.17 bits per heavy atom.